The van der Waals surface area contributed by atoms with Crippen LogP contribution in [0, 0.1) is 13.8 Å². The van der Waals surface area contributed by atoms with Crippen LogP contribution in [-0.2, 0) is 16.6 Å². The Morgan fingerprint density at radius 1 is 1.18 bits per heavy atom. The van der Waals surface area contributed by atoms with Gasteiger partial charge in [0, 0.05) is 24.9 Å². The molecule has 0 aliphatic carbocycles. The van der Waals surface area contributed by atoms with E-state index in [1.807, 2.05) is 6.92 Å². The molecule has 1 aromatic rings. The molecule has 2 rings (SSSR count). The predicted molar refractivity (Wildman–Crippen MR) is 60.6 cm³/mol. The maximum atomic E-state index is 12.0. The quantitative estimate of drug-likeness (QED) is 0.686. The van der Waals surface area contributed by atoms with Crippen molar-refractivity contribution in [3.8, 4) is 0 Å². The lowest BCUT2D eigenvalue weighted by molar-refractivity contribution is -0.135. The first-order valence-corrected chi connectivity index (χ1v) is 5.51. The lowest BCUT2D eigenvalue weighted by Gasteiger charge is -2.22. The largest absolute Gasteiger partial charge is 0.329 e. The smallest absolute Gasteiger partial charge is 0.299 e. The maximum absolute atomic E-state index is 12.0. The van der Waals surface area contributed by atoms with Crippen LogP contribution >= 0.6 is 0 Å². The molecule has 1 aromatic heterocycles. The fraction of sp³-hybridized carbons (Fsp3) is 0.545. The zero-order valence-electron chi connectivity index (χ0n) is 10.1. The van der Waals surface area contributed by atoms with Crippen molar-refractivity contribution in [2.24, 2.45) is 7.05 Å². The molecule has 1 unspecified atom stereocenters. The van der Waals surface area contributed by atoms with Gasteiger partial charge in [-0.3, -0.25) is 24.0 Å². The molecule has 2 heterocycles. The van der Waals surface area contributed by atoms with Crippen LogP contribution in [0.1, 0.15) is 30.3 Å². The number of imide groups is 1. The van der Waals surface area contributed by atoms with Crippen LogP contribution in [0.4, 0.5) is 0 Å². The molecule has 0 bridgehead atoms. The van der Waals surface area contributed by atoms with Crippen molar-refractivity contribution in [2.45, 2.75) is 32.7 Å². The first-order chi connectivity index (χ1) is 7.93. The summed E-state index contributed by atoms with van der Waals surface area (Å²) in [5.41, 5.74) is 1.39. The molecular weight excluding hydrogens is 222 g/mol. The molecule has 2 amide bonds. The summed E-state index contributed by atoms with van der Waals surface area (Å²) in [4.78, 5) is 34.8. The van der Waals surface area contributed by atoms with Gasteiger partial charge in [0.1, 0.15) is 6.04 Å². The number of nitrogens with zero attached hydrogens (tertiary/aromatic N) is 2. The molecule has 92 valence electrons. The Balaban J connectivity index is 2.48. The number of carbonyl (C=O) groups excluding carboxylic acids is 2. The standard InChI is InChI=1S/C11H15N3O3/c1-6-7(2)14(11(17)13(6)3)8-4-5-9(15)12-10(8)16/h8H,4-5H2,1-3H3,(H,12,15,16). The summed E-state index contributed by atoms with van der Waals surface area (Å²) >= 11 is 0. The van der Waals surface area contributed by atoms with Crippen molar-refractivity contribution in [3.63, 3.8) is 0 Å². The third-order valence-corrected chi connectivity index (χ3v) is 3.40. The van der Waals surface area contributed by atoms with Crippen LogP contribution in [0.2, 0.25) is 0 Å². The van der Waals surface area contributed by atoms with Crippen molar-refractivity contribution < 1.29 is 9.59 Å². The highest BCUT2D eigenvalue weighted by atomic mass is 16.2. The monoisotopic (exact) mass is 237 g/mol. The molecule has 0 radical (unpaired) electrons. The number of hydrogen-bond donors (Lipinski definition) is 1. The maximum Gasteiger partial charge on any atom is 0.329 e. The number of nitrogens with one attached hydrogen (secondary N) is 1. The number of amides is 2. The molecule has 0 saturated carbocycles. The predicted octanol–water partition coefficient (Wildman–Crippen LogP) is -0.219. The lowest BCUT2D eigenvalue weighted by atomic mass is 10.1. The number of carbonyl (C=O) groups is 2. The van der Waals surface area contributed by atoms with Gasteiger partial charge < -0.3 is 0 Å². The molecule has 17 heavy (non-hydrogen) atoms. The van der Waals surface area contributed by atoms with Gasteiger partial charge in [-0.15, -0.1) is 0 Å². The van der Waals surface area contributed by atoms with E-state index in [1.165, 1.54) is 9.13 Å². The summed E-state index contributed by atoms with van der Waals surface area (Å²) in [5, 5.41) is 2.26. The Hall–Kier alpha value is -1.85. The third-order valence-electron chi connectivity index (χ3n) is 3.40. The zero-order valence-corrected chi connectivity index (χ0v) is 10.1. The van der Waals surface area contributed by atoms with Crippen LogP contribution in [0.25, 0.3) is 0 Å². The molecule has 1 fully saturated rings. The van der Waals surface area contributed by atoms with Crippen molar-refractivity contribution >= 4 is 11.8 Å². The number of rotatable bonds is 1. The van der Waals surface area contributed by atoms with E-state index in [0.29, 0.717) is 6.42 Å². The topological polar surface area (TPSA) is 73.1 Å². The van der Waals surface area contributed by atoms with Gasteiger partial charge in [-0.1, -0.05) is 0 Å². The lowest BCUT2D eigenvalue weighted by Crippen LogP contribution is -2.44. The van der Waals surface area contributed by atoms with Crippen molar-refractivity contribution in [1.29, 1.82) is 0 Å². The van der Waals surface area contributed by atoms with E-state index in [4.69, 9.17) is 0 Å². The van der Waals surface area contributed by atoms with Gasteiger partial charge in [-0.25, -0.2) is 4.79 Å². The molecule has 1 N–H and O–H groups in total. The SMILES string of the molecule is Cc1c(C)n(C2CCC(=O)NC2=O)c(=O)n1C. The highest BCUT2D eigenvalue weighted by Gasteiger charge is 2.31. The van der Waals surface area contributed by atoms with Crippen molar-refractivity contribution in [1.82, 2.24) is 14.5 Å². The van der Waals surface area contributed by atoms with Crippen molar-refractivity contribution in [2.75, 3.05) is 0 Å². The fourth-order valence-corrected chi connectivity index (χ4v) is 2.16. The van der Waals surface area contributed by atoms with Gasteiger partial charge in [0.05, 0.1) is 0 Å². The van der Waals surface area contributed by atoms with E-state index in [2.05, 4.69) is 5.32 Å². The van der Waals surface area contributed by atoms with E-state index in [9.17, 15) is 14.4 Å². The van der Waals surface area contributed by atoms with Crippen LogP contribution in [0.15, 0.2) is 4.79 Å². The second-order valence-electron chi connectivity index (χ2n) is 4.35. The van der Waals surface area contributed by atoms with Crippen LogP contribution in [0.3, 0.4) is 0 Å². The molecule has 1 aliphatic rings. The summed E-state index contributed by atoms with van der Waals surface area (Å²) in [7, 11) is 1.67. The molecule has 0 spiro atoms. The van der Waals surface area contributed by atoms with E-state index in [1.54, 1.807) is 14.0 Å². The van der Waals surface area contributed by atoms with Gasteiger partial charge in [0.2, 0.25) is 11.8 Å². The minimum atomic E-state index is -0.569. The Morgan fingerprint density at radius 2 is 1.82 bits per heavy atom. The third kappa shape index (κ3) is 1.69. The summed E-state index contributed by atoms with van der Waals surface area (Å²) in [6.45, 7) is 3.64. The highest BCUT2D eigenvalue weighted by Crippen LogP contribution is 2.19. The first-order valence-electron chi connectivity index (χ1n) is 5.51. The second kappa shape index (κ2) is 3.87. The molecule has 1 aliphatic heterocycles. The van der Waals surface area contributed by atoms with Gasteiger partial charge >= 0.3 is 5.69 Å². The summed E-state index contributed by atoms with van der Waals surface area (Å²) in [6, 6.07) is -0.569. The van der Waals surface area contributed by atoms with Gasteiger partial charge in [0.15, 0.2) is 0 Å². The Kier molecular flexibility index (Phi) is 2.65. The molecule has 0 aromatic carbocycles. The first kappa shape index (κ1) is 11.6. The fourth-order valence-electron chi connectivity index (χ4n) is 2.16. The van der Waals surface area contributed by atoms with E-state index in [0.717, 1.165) is 11.4 Å². The average molecular weight is 237 g/mol. The van der Waals surface area contributed by atoms with Crippen molar-refractivity contribution in [3.05, 3.63) is 21.9 Å². The van der Waals surface area contributed by atoms with Crippen LogP contribution in [0.5, 0.6) is 0 Å². The van der Waals surface area contributed by atoms with Crippen LogP contribution in [-0.4, -0.2) is 20.9 Å². The molecular formula is C11H15N3O3. The molecule has 1 atom stereocenters. The molecule has 6 heteroatoms. The van der Waals surface area contributed by atoms with Crippen LogP contribution < -0.4 is 11.0 Å². The average Bonchev–Trinajstić information content (AvgIpc) is 2.45. The number of piperidine rings is 1. The summed E-state index contributed by atoms with van der Waals surface area (Å²) < 4.78 is 2.98. The summed E-state index contributed by atoms with van der Waals surface area (Å²) in [5.74, 6) is -0.665. The normalized spacial score (nSPS) is 20.5. The zero-order chi connectivity index (χ0) is 12.7. The Labute approximate surface area is 98.2 Å². The number of hydrogen-bond acceptors (Lipinski definition) is 3. The highest BCUT2D eigenvalue weighted by molar-refractivity contribution is 5.99. The summed E-state index contributed by atoms with van der Waals surface area (Å²) in [6.07, 6.45) is 0.658. The van der Waals surface area contributed by atoms with Gasteiger partial charge in [-0.05, 0) is 20.3 Å². The Bertz CT molecular complexity index is 553. The van der Waals surface area contributed by atoms with E-state index in [-0.39, 0.29) is 18.0 Å². The van der Waals surface area contributed by atoms with Gasteiger partial charge in [-0.2, -0.15) is 0 Å². The number of imidazole rings is 1. The van der Waals surface area contributed by atoms with E-state index >= 15 is 0 Å². The minimum absolute atomic E-state index is 0.213. The van der Waals surface area contributed by atoms with Gasteiger partial charge in [0.25, 0.3) is 0 Å². The number of aromatic nitrogens is 2. The van der Waals surface area contributed by atoms with E-state index < -0.39 is 11.9 Å². The minimum Gasteiger partial charge on any atom is -0.299 e. The Morgan fingerprint density at radius 3 is 2.29 bits per heavy atom. The molecule has 6 nitrogen and oxygen atoms in total. The second-order valence-corrected chi connectivity index (χ2v) is 4.35. The molecule has 1 saturated heterocycles.